The highest BCUT2D eigenvalue weighted by molar-refractivity contribution is 7.07. The summed E-state index contributed by atoms with van der Waals surface area (Å²) in [6.07, 6.45) is 8.77. The molecular formula is C21H25ClFN3OS. The topological polar surface area (TPSA) is 46.4 Å². The van der Waals surface area contributed by atoms with Crippen LogP contribution in [0.25, 0.3) is 0 Å². The van der Waals surface area contributed by atoms with Crippen molar-refractivity contribution in [3.8, 4) is 0 Å². The number of benzene rings is 1. The van der Waals surface area contributed by atoms with Gasteiger partial charge in [0.05, 0.1) is 12.5 Å². The van der Waals surface area contributed by atoms with E-state index in [1.165, 1.54) is 44.2 Å². The molecule has 2 aromatic rings. The average molecular weight is 422 g/mol. The van der Waals surface area contributed by atoms with Crippen LogP contribution in [0.1, 0.15) is 62.2 Å². The van der Waals surface area contributed by atoms with Gasteiger partial charge in [0.2, 0.25) is 5.91 Å². The lowest BCUT2D eigenvalue weighted by atomic mass is 9.96. The molecule has 4 rings (SSSR count). The molecule has 2 aliphatic carbocycles. The molecule has 0 bridgehead atoms. The Kier molecular flexibility index (Phi) is 6.16. The van der Waals surface area contributed by atoms with Crippen molar-refractivity contribution in [2.24, 2.45) is 4.99 Å². The zero-order chi connectivity index (χ0) is 19.5. The summed E-state index contributed by atoms with van der Waals surface area (Å²) in [6.45, 7) is 0.137. The minimum atomic E-state index is -0.359. The average Bonchev–Trinajstić information content (AvgIpc) is 3.46. The molecule has 1 aromatic carbocycles. The molecule has 0 unspecified atom stereocenters. The number of amides is 1. The quantitative estimate of drug-likeness (QED) is 0.717. The Bertz CT molecular complexity index is 913. The van der Waals surface area contributed by atoms with Gasteiger partial charge >= 0.3 is 0 Å². The van der Waals surface area contributed by atoms with Crippen molar-refractivity contribution in [2.45, 2.75) is 70.0 Å². The van der Waals surface area contributed by atoms with E-state index < -0.39 is 0 Å². The molecule has 0 spiro atoms. The van der Waals surface area contributed by atoms with Gasteiger partial charge in [-0.05, 0) is 43.9 Å². The molecule has 0 aliphatic heterocycles. The molecule has 2 saturated carbocycles. The van der Waals surface area contributed by atoms with Crippen molar-refractivity contribution in [1.29, 1.82) is 0 Å². The van der Waals surface area contributed by atoms with Crippen LogP contribution in [-0.4, -0.2) is 16.5 Å². The lowest BCUT2D eigenvalue weighted by Crippen LogP contribution is -2.28. The Balaban J connectivity index is 1.45. The number of carbonyl (C=O) groups excluding carboxylic acids is 1. The van der Waals surface area contributed by atoms with Crippen molar-refractivity contribution in [3.63, 3.8) is 0 Å². The summed E-state index contributed by atoms with van der Waals surface area (Å²) in [5.74, 6) is -0.474. The predicted molar refractivity (Wildman–Crippen MR) is 110 cm³/mol. The summed E-state index contributed by atoms with van der Waals surface area (Å²) in [6, 6.07) is 5.27. The van der Waals surface area contributed by atoms with Crippen molar-refractivity contribution in [3.05, 3.63) is 50.5 Å². The standard InChI is InChI=1S/C21H25ClFN3OS/c22-15-6-9-19(23)14(10-15)12-24-20(27)11-18-13-28-21(26(18)17-7-8-17)25-16-4-2-1-3-5-16/h6,9-10,13,16-17H,1-5,7-8,11-12H2,(H,24,27). The molecule has 28 heavy (non-hydrogen) atoms. The number of thiazole rings is 1. The van der Waals surface area contributed by atoms with E-state index in [1.807, 2.05) is 0 Å². The number of carbonyl (C=O) groups is 1. The van der Waals surface area contributed by atoms with Crippen molar-refractivity contribution < 1.29 is 9.18 Å². The maximum atomic E-state index is 13.8. The van der Waals surface area contributed by atoms with Crippen molar-refractivity contribution >= 4 is 28.8 Å². The minimum absolute atomic E-state index is 0.115. The van der Waals surface area contributed by atoms with Crippen LogP contribution in [-0.2, 0) is 17.8 Å². The highest BCUT2D eigenvalue weighted by Gasteiger charge is 2.28. The first-order valence-corrected chi connectivity index (χ1v) is 11.3. The molecule has 1 N–H and O–H groups in total. The summed E-state index contributed by atoms with van der Waals surface area (Å²) in [4.78, 5) is 18.5. The zero-order valence-electron chi connectivity index (χ0n) is 15.8. The van der Waals surface area contributed by atoms with Crippen LogP contribution < -0.4 is 10.1 Å². The van der Waals surface area contributed by atoms with E-state index in [2.05, 4.69) is 15.3 Å². The lowest BCUT2D eigenvalue weighted by molar-refractivity contribution is -0.120. The predicted octanol–water partition coefficient (Wildman–Crippen LogP) is 4.77. The molecule has 1 aromatic heterocycles. The number of halogens is 2. The van der Waals surface area contributed by atoms with Gasteiger partial charge in [0.25, 0.3) is 0 Å². The van der Waals surface area contributed by atoms with E-state index in [1.54, 1.807) is 17.4 Å². The third-order valence-corrected chi connectivity index (χ3v) is 6.56. The zero-order valence-corrected chi connectivity index (χ0v) is 17.4. The number of nitrogens with zero attached hydrogens (tertiary/aromatic N) is 2. The number of hydrogen-bond donors (Lipinski definition) is 1. The first-order chi connectivity index (χ1) is 13.6. The molecular weight excluding hydrogens is 397 g/mol. The first kappa shape index (κ1) is 19.6. The van der Waals surface area contributed by atoms with E-state index in [-0.39, 0.29) is 24.7 Å². The lowest BCUT2D eigenvalue weighted by Gasteiger charge is -2.17. The Morgan fingerprint density at radius 1 is 1.25 bits per heavy atom. The fourth-order valence-corrected chi connectivity index (χ4v) is 4.99. The van der Waals surface area contributed by atoms with Crippen LogP contribution in [0.2, 0.25) is 5.02 Å². The molecule has 0 radical (unpaired) electrons. The van der Waals surface area contributed by atoms with Gasteiger partial charge in [-0.15, -0.1) is 11.3 Å². The van der Waals surface area contributed by atoms with E-state index in [0.717, 1.165) is 23.3 Å². The molecule has 0 atom stereocenters. The van der Waals surface area contributed by atoms with Crippen LogP contribution in [0.5, 0.6) is 0 Å². The first-order valence-electron chi connectivity index (χ1n) is 10.0. The van der Waals surface area contributed by atoms with Crippen LogP contribution in [0.15, 0.2) is 28.6 Å². The van der Waals surface area contributed by atoms with Gasteiger partial charge < -0.3 is 9.88 Å². The monoisotopic (exact) mass is 421 g/mol. The van der Waals surface area contributed by atoms with Gasteiger partial charge in [-0.25, -0.2) is 4.39 Å². The molecule has 1 amide bonds. The van der Waals surface area contributed by atoms with Gasteiger partial charge in [-0.3, -0.25) is 9.79 Å². The molecule has 150 valence electrons. The Morgan fingerprint density at radius 3 is 2.79 bits per heavy atom. The summed E-state index contributed by atoms with van der Waals surface area (Å²) >= 11 is 7.55. The second-order valence-electron chi connectivity index (χ2n) is 7.72. The largest absolute Gasteiger partial charge is 0.352 e. The fourth-order valence-electron chi connectivity index (χ4n) is 3.77. The second-order valence-corrected chi connectivity index (χ2v) is 8.99. The van der Waals surface area contributed by atoms with Crippen LogP contribution in [0.4, 0.5) is 4.39 Å². The summed E-state index contributed by atoms with van der Waals surface area (Å²) in [5.41, 5.74) is 1.40. The van der Waals surface area contributed by atoms with Crippen LogP contribution >= 0.6 is 22.9 Å². The summed E-state index contributed by atoms with van der Waals surface area (Å²) in [5, 5.41) is 5.33. The molecule has 2 fully saturated rings. The second kappa shape index (κ2) is 8.78. The molecule has 2 aliphatic rings. The van der Waals surface area contributed by atoms with Gasteiger partial charge in [0.1, 0.15) is 5.82 Å². The van der Waals surface area contributed by atoms with Gasteiger partial charge in [-0.1, -0.05) is 30.9 Å². The highest BCUT2D eigenvalue weighted by Crippen LogP contribution is 2.35. The van der Waals surface area contributed by atoms with Gasteiger partial charge in [-0.2, -0.15) is 0 Å². The van der Waals surface area contributed by atoms with Crippen molar-refractivity contribution in [1.82, 2.24) is 9.88 Å². The molecule has 0 saturated heterocycles. The van der Waals surface area contributed by atoms with E-state index in [0.29, 0.717) is 22.7 Å². The third kappa shape index (κ3) is 4.84. The van der Waals surface area contributed by atoms with Gasteiger partial charge in [0.15, 0.2) is 4.80 Å². The number of hydrogen-bond acceptors (Lipinski definition) is 3. The van der Waals surface area contributed by atoms with Crippen LogP contribution in [0.3, 0.4) is 0 Å². The fraction of sp³-hybridized carbons (Fsp3) is 0.524. The molecule has 7 heteroatoms. The van der Waals surface area contributed by atoms with Crippen molar-refractivity contribution in [2.75, 3.05) is 0 Å². The molecule has 4 nitrogen and oxygen atoms in total. The SMILES string of the molecule is O=C(Cc1csc(=NC2CCCCC2)n1C1CC1)NCc1cc(Cl)ccc1F. The Hall–Kier alpha value is -1.66. The number of rotatable bonds is 6. The summed E-state index contributed by atoms with van der Waals surface area (Å²) < 4.78 is 16.1. The normalized spacial score (nSPS) is 18.4. The third-order valence-electron chi connectivity index (χ3n) is 5.42. The number of aromatic nitrogens is 1. The van der Waals surface area contributed by atoms with E-state index >= 15 is 0 Å². The minimum Gasteiger partial charge on any atom is -0.352 e. The maximum Gasteiger partial charge on any atom is 0.226 e. The van der Waals surface area contributed by atoms with E-state index in [9.17, 15) is 9.18 Å². The highest BCUT2D eigenvalue weighted by atomic mass is 35.5. The van der Waals surface area contributed by atoms with Crippen LogP contribution in [0, 0.1) is 5.82 Å². The molecule has 1 heterocycles. The Labute approximate surface area is 173 Å². The number of nitrogens with one attached hydrogen (secondary N) is 1. The smallest absolute Gasteiger partial charge is 0.226 e. The van der Waals surface area contributed by atoms with Gasteiger partial charge in [0, 0.05) is 34.2 Å². The summed E-state index contributed by atoms with van der Waals surface area (Å²) in [7, 11) is 0. The van der Waals surface area contributed by atoms with E-state index in [4.69, 9.17) is 16.6 Å². The maximum absolute atomic E-state index is 13.8. The Morgan fingerprint density at radius 2 is 2.04 bits per heavy atom.